The summed E-state index contributed by atoms with van der Waals surface area (Å²) in [4.78, 5) is 11.9. The minimum Gasteiger partial charge on any atom is -0.357 e. The molecule has 1 N–H and O–H groups in total. The summed E-state index contributed by atoms with van der Waals surface area (Å²) in [5, 5.41) is 6.76. The van der Waals surface area contributed by atoms with Crippen LogP contribution in [0.15, 0.2) is 10.4 Å². The zero-order chi connectivity index (χ0) is 16.2. The Hall–Kier alpha value is -1.10. The van der Waals surface area contributed by atoms with Crippen molar-refractivity contribution in [3.05, 3.63) is 16.1 Å². The molecule has 1 fully saturated rings. The average Bonchev–Trinajstić information content (AvgIpc) is 2.93. The van der Waals surface area contributed by atoms with Crippen LogP contribution in [-0.4, -0.2) is 35.5 Å². The Balaban J connectivity index is 2.02. The molecule has 0 unspecified atom stereocenters. The molecule has 0 saturated carbocycles. The molecule has 0 bridgehead atoms. The second-order valence-electron chi connectivity index (χ2n) is 7.23. The number of guanidine groups is 1. The van der Waals surface area contributed by atoms with E-state index in [0.717, 1.165) is 37.2 Å². The maximum absolute atomic E-state index is 4.80. The van der Waals surface area contributed by atoms with Crippen molar-refractivity contribution < 1.29 is 0 Å². The van der Waals surface area contributed by atoms with Gasteiger partial charge >= 0.3 is 0 Å². The number of aromatic nitrogens is 1. The number of rotatable bonds is 3. The lowest BCUT2D eigenvalue weighted by Gasteiger charge is -2.32. The van der Waals surface area contributed by atoms with Crippen LogP contribution in [0.3, 0.4) is 0 Å². The third-order valence-electron chi connectivity index (χ3n) is 4.00. The lowest BCUT2D eigenvalue weighted by atomic mass is 9.98. The second kappa shape index (κ2) is 7.44. The molecule has 2 heterocycles. The third-order valence-corrected chi connectivity index (χ3v) is 5.32. The molecule has 1 aliphatic rings. The van der Waals surface area contributed by atoms with Crippen molar-refractivity contribution in [3.8, 4) is 0 Å². The number of aliphatic imine (C=N–C) groups is 1. The van der Waals surface area contributed by atoms with E-state index in [0.29, 0.717) is 6.54 Å². The topological polar surface area (TPSA) is 40.5 Å². The Labute approximate surface area is 139 Å². The maximum atomic E-state index is 4.80. The maximum Gasteiger partial charge on any atom is 0.194 e. The molecule has 0 aliphatic carbocycles. The summed E-state index contributed by atoms with van der Waals surface area (Å²) in [6, 6.07) is 0. The van der Waals surface area contributed by atoms with Crippen molar-refractivity contribution in [1.29, 1.82) is 0 Å². The van der Waals surface area contributed by atoms with Crippen LogP contribution in [0, 0.1) is 5.92 Å². The molecule has 0 atom stereocenters. The number of nitrogens with one attached hydrogen (secondary N) is 1. The molecule has 1 aliphatic heterocycles. The highest BCUT2D eigenvalue weighted by molar-refractivity contribution is 7.09. The lowest BCUT2D eigenvalue weighted by molar-refractivity contribution is 0.273. The molecular formula is C17H30N4S. The summed E-state index contributed by atoms with van der Waals surface area (Å²) in [5.41, 5.74) is 1.20. The van der Waals surface area contributed by atoms with Gasteiger partial charge in [0.2, 0.25) is 0 Å². The Morgan fingerprint density at radius 2 is 2.09 bits per heavy atom. The number of hydrogen-bond acceptors (Lipinski definition) is 3. The largest absolute Gasteiger partial charge is 0.357 e. The van der Waals surface area contributed by atoms with Gasteiger partial charge in [-0.2, -0.15) is 0 Å². The van der Waals surface area contributed by atoms with Gasteiger partial charge in [-0.05, 0) is 25.7 Å². The monoisotopic (exact) mass is 322 g/mol. The van der Waals surface area contributed by atoms with Crippen LogP contribution in [0.5, 0.6) is 0 Å². The van der Waals surface area contributed by atoms with E-state index in [1.807, 2.05) is 0 Å². The summed E-state index contributed by atoms with van der Waals surface area (Å²) in [7, 11) is 0. The van der Waals surface area contributed by atoms with E-state index < -0.39 is 0 Å². The van der Waals surface area contributed by atoms with Crippen LogP contribution in [0.4, 0.5) is 0 Å². The first kappa shape index (κ1) is 17.3. The highest BCUT2D eigenvalue weighted by Gasteiger charge is 2.20. The standard InChI is InChI=1S/C17H30N4S/c1-6-18-16(21-9-7-13(2)8-10-21)19-11-14-12-22-15(20-14)17(3,4)5/h12-13H,6-11H2,1-5H3,(H,18,19). The van der Waals surface area contributed by atoms with Gasteiger partial charge in [0, 0.05) is 30.4 Å². The lowest BCUT2D eigenvalue weighted by Crippen LogP contribution is -2.45. The van der Waals surface area contributed by atoms with Crippen molar-refractivity contribution in [2.45, 2.75) is 59.4 Å². The SMILES string of the molecule is CCNC(=NCc1csc(C(C)(C)C)n1)N1CCC(C)CC1. The van der Waals surface area contributed by atoms with Crippen molar-refractivity contribution in [3.63, 3.8) is 0 Å². The minimum atomic E-state index is 0.125. The highest BCUT2D eigenvalue weighted by atomic mass is 32.1. The average molecular weight is 323 g/mol. The smallest absolute Gasteiger partial charge is 0.194 e. The van der Waals surface area contributed by atoms with Gasteiger partial charge in [-0.3, -0.25) is 0 Å². The minimum absolute atomic E-state index is 0.125. The Morgan fingerprint density at radius 3 is 2.64 bits per heavy atom. The summed E-state index contributed by atoms with van der Waals surface area (Å²) in [6.45, 7) is 14.9. The number of likely N-dealkylation sites (tertiary alicyclic amines) is 1. The van der Waals surface area contributed by atoms with Gasteiger partial charge in [-0.25, -0.2) is 9.98 Å². The van der Waals surface area contributed by atoms with Crippen LogP contribution in [-0.2, 0) is 12.0 Å². The quantitative estimate of drug-likeness (QED) is 0.682. The van der Waals surface area contributed by atoms with E-state index in [1.165, 1.54) is 17.8 Å². The van der Waals surface area contributed by atoms with Crippen LogP contribution < -0.4 is 5.32 Å². The Bertz CT molecular complexity index is 493. The molecule has 4 nitrogen and oxygen atoms in total. The van der Waals surface area contributed by atoms with Gasteiger partial charge in [0.05, 0.1) is 17.2 Å². The van der Waals surface area contributed by atoms with E-state index in [4.69, 9.17) is 9.98 Å². The molecule has 1 aromatic rings. The predicted octanol–water partition coefficient (Wildman–Crippen LogP) is 3.64. The predicted molar refractivity (Wildman–Crippen MR) is 95.6 cm³/mol. The fourth-order valence-corrected chi connectivity index (χ4v) is 3.42. The summed E-state index contributed by atoms with van der Waals surface area (Å²) in [6.07, 6.45) is 2.52. The van der Waals surface area contributed by atoms with Crippen LogP contribution in [0.1, 0.15) is 58.2 Å². The summed E-state index contributed by atoms with van der Waals surface area (Å²) >= 11 is 1.74. The molecule has 22 heavy (non-hydrogen) atoms. The van der Waals surface area contributed by atoms with Crippen LogP contribution >= 0.6 is 11.3 Å². The van der Waals surface area contributed by atoms with Crippen molar-refractivity contribution in [1.82, 2.24) is 15.2 Å². The molecular weight excluding hydrogens is 292 g/mol. The van der Waals surface area contributed by atoms with E-state index in [-0.39, 0.29) is 5.41 Å². The molecule has 0 radical (unpaired) electrons. The van der Waals surface area contributed by atoms with E-state index in [2.05, 4.69) is 50.2 Å². The number of thiazole rings is 1. The van der Waals surface area contributed by atoms with Gasteiger partial charge < -0.3 is 10.2 Å². The van der Waals surface area contributed by atoms with E-state index >= 15 is 0 Å². The van der Waals surface area contributed by atoms with Crippen LogP contribution in [0.25, 0.3) is 0 Å². The van der Waals surface area contributed by atoms with Gasteiger partial charge in [0.25, 0.3) is 0 Å². The Morgan fingerprint density at radius 1 is 1.41 bits per heavy atom. The van der Waals surface area contributed by atoms with E-state index in [9.17, 15) is 0 Å². The first-order valence-electron chi connectivity index (χ1n) is 8.38. The fraction of sp³-hybridized carbons (Fsp3) is 0.765. The number of nitrogens with zero attached hydrogens (tertiary/aromatic N) is 3. The van der Waals surface area contributed by atoms with Gasteiger partial charge in [0.1, 0.15) is 0 Å². The van der Waals surface area contributed by atoms with Gasteiger partial charge in [-0.15, -0.1) is 11.3 Å². The molecule has 5 heteroatoms. The summed E-state index contributed by atoms with van der Waals surface area (Å²) in [5.74, 6) is 1.88. The third kappa shape index (κ3) is 4.70. The second-order valence-corrected chi connectivity index (χ2v) is 8.09. The number of hydrogen-bond donors (Lipinski definition) is 1. The number of piperidine rings is 1. The normalized spacial score (nSPS) is 17.9. The molecule has 0 aromatic carbocycles. The van der Waals surface area contributed by atoms with Gasteiger partial charge in [-0.1, -0.05) is 27.7 Å². The molecule has 1 saturated heterocycles. The van der Waals surface area contributed by atoms with Crippen LogP contribution in [0.2, 0.25) is 0 Å². The molecule has 1 aromatic heterocycles. The van der Waals surface area contributed by atoms with Crippen molar-refractivity contribution >= 4 is 17.3 Å². The molecule has 124 valence electrons. The fourth-order valence-electron chi connectivity index (χ4n) is 2.53. The first-order valence-corrected chi connectivity index (χ1v) is 9.26. The highest BCUT2D eigenvalue weighted by Crippen LogP contribution is 2.25. The zero-order valence-corrected chi connectivity index (χ0v) is 15.5. The molecule has 0 amide bonds. The molecule has 0 spiro atoms. The van der Waals surface area contributed by atoms with Crippen molar-refractivity contribution in [2.24, 2.45) is 10.9 Å². The zero-order valence-electron chi connectivity index (χ0n) is 14.6. The Kier molecular flexibility index (Phi) is 5.84. The van der Waals surface area contributed by atoms with Crippen molar-refractivity contribution in [2.75, 3.05) is 19.6 Å². The molecule has 2 rings (SSSR count). The van der Waals surface area contributed by atoms with Gasteiger partial charge in [0.15, 0.2) is 5.96 Å². The van der Waals surface area contributed by atoms with E-state index in [1.54, 1.807) is 11.3 Å². The first-order chi connectivity index (χ1) is 10.4. The summed E-state index contributed by atoms with van der Waals surface area (Å²) < 4.78 is 0.